The lowest BCUT2D eigenvalue weighted by Gasteiger charge is -2.32. The van der Waals surface area contributed by atoms with Crippen LogP contribution >= 0.6 is 0 Å². The van der Waals surface area contributed by atoms with Crippen molar-refractivity contribution in [3.8, 4) is 0 Å². The first-order valence-corrected chi connectivity index (χ1v) is 8.03. The number of rotatable bonds is 7. The van der Waals surface area contributed by atoms with Crippen LogP contribution in [0.15, 0.2) is 18.2 Å². The Balaban J connectivity index is 3.15. The summed E-state index contributed by atoms with van der Waals surface area (Å²) in [7, 11) is 0. The lowest BCUT2D eigenvalue weighted by atomic mass is 9.78. The first-order chi connectivity index (χ1) is 10.3. The topological polar surface area (TPSA) is 52.3 Å². The van der Waals surface area contributed by atoms with Gasteiger partial charge in [-0.25, -0.2) is 4.39 Å². The Kier molecular flexibility index (Phi) is 7.01. The van der Waals surface area contributed by atoms with E-state index in [-0.39, 0.29) is 17.8 Å². The van der Waals surface area contributed by atoms with Crippen LogP contribution in [-0.4, -0.2) is 18.1 Å². The number of esters is 1. The SMILES string of the molecule is CCC(CC)[C@H](c1ccc(F)cc1C)[C@H](C)OC(=O)[C@H](C)N. The van der Waals surface area contributed by atoms with E-state index in [2.05, 4.69) is 13.8 Å². The van der Waals surface area contributed by atoms with Crippen LogP contribution in [0.1, 0.15) is 57.6 Å². The van der Waals surface area contributed by atoms with Gasteiger partial charge in [-0.05, 0) is 49.9 Å². The number of carbonyl (C=O) groups excluding carboxylic acids is 1. The molecule has 1 aromatic carbocycles. The second-order valence-corrected chi connectivity index (χ2v) is 6.03. The maximum Gasteiger partial charge on any atom is 0.322 e. The molecule has 0 radical (unpaired) electrons. The van der Waals surface area contributed by atoms with E-state index in [1.54, 1.807) is 6.92 Å². The van der Waals surface area contributed by atoms with Gasteiger partial charge in [-0.15, -0.1) is 0 Å². The van der Waals surface area contributed by atoms with Crippen molar-refractivity contribution in [1.29, 1.82) is 0 Å². The molecule has 0 spiro atoms. The molecule has 0 amide bonds. The van der Waals surface area contributed by atoms with E-state index >= 15 is 0 Å². The van der Waals surface area contributed by atoms with E-state index in [1.165, 1.54) is 12.1 Å². The lowest BCUT2D eigenvalue weighted by Crippen LogP contribution is -2.35. The molecule has 0 fully saturated rings. The van der Waals surface area contributed by atoms with E-state index in [9.17, 15) is 9.18 Å². The highest BCUT2D eigenvalue weighted by molar-refractivity contribution is 5.75. The van der Waals surface area contributed by atoms with E-state index in [0.29, 0.717) is 5.92 Å². The first-order valence-electron chi connectivity index (χ1n) is 8.03. The average Bonchev–Trinajstić information content (AvgIpc) is 2.45. The molecule has 0 aliphatic carbocycles. The fraction of sp³-hybridized carbons (Fsp3) is 0.611. The van der Waals surface area contributed by atoms with Crippen LogP contribution < -0.4 is 5.73 Å². The molecule has 3 nitrogen and oxygen atoms in total. The van der Waals surface area contributed by atoms with Crippen molar-refractivity contribution in [2.75, 3.05) is 0 Å². The molecule has 0 aliphatic heterocycles. The highest BCUT2D eigenvalue weighted by Crippen LogP contribution is 2.36. The minimum atomic E-state index is -0.640. The third-order valence-corrected chi connectivity index (χ3v) is 4.33. The van der Waals surface area contributed by atoms with Gasteiger partial charge in [-0.1, -0.05) is 32.8 Å². The molecule has 22 heavy (non-hydrogen) atoms. The third-order valence-electron chi connectivity index (χ3n) is 4.33. The number of benzene rings is 1. The molecule has 1 aromatic rings. The lowest BCUT2D eigenvalue weighted by molar-refractivity contribution is -0.151. The Labute approximate surface area is 133 Å². The van der Waals surface area contributed by atoms with Gasteiger partial charge in [0, 0.05) is 5.92 Å². The summed E-state index contributed by atoms with van der Waals surface area (Å²) < 4.78 is 18.9. The second kappa shape index (κ2) is 8.28. The molecule has 124 valence electrons. The Morgan fingerprint density at radius 3 is 2.32 bits per heavy atom. The van der Waals surface area contributed by atoms with Crippen LogP contribution in [0.25, 0.3) is 0 Å². The van der Waals surface area contributed by atoms with Gasteiger partial charge in [0.25, 0.3) is 0 Å². The molecule has 0 bridgehead atoms. The molecular weight excluding hydrogens is 281 g/mol. The van der Waals surface area contributed by atoms with Crippen LogP contribution in [0.5, 0.6) is 0 Å². The monoisotopic (exact) mass is 309 g/mol. The standard InChI is InChI=1S/C18H28FNO2/c1-6-14(7-2)17(13(5)22-18(21)12(4)20)16-9-8-15(19)10-11(16)3/h8-10,12-14,17H,6-7,20H2,1-5H3/t12-,13-,17+/m0/s1. The van der Waals surface area contributed by atoms with Crippen LogP contribution in [0, 0.1) is 18.7 Å². The summed E-state index contributed by atoms with van der Waals surface area (Å²) in [5, 5.41) is 0. The van der Waals surface area contributed by atoms with Crippen molar-refractivity contribution in [1.82, 2.24) is 0 Å². The van der Waals surface area contributed by atoms with Crippen molar-refractivity contribution in [3.05, 3.63) is 35.1 Å². The zero-order valence-electron chi connectivity index (χ0n) is 14.2. The van der Waals surface area contributed by atoms with Gasteiger partial charge >= 0.3 is 5.97 Å². The molecule has 2 N–H and O–H groups in total. The molecule has 0 aliphatic rings. The van der Waals surface area contributed by atoms with Crippen molar-refractivity contribution < 1.29 is 13.9 Å². The second-order valence-electron chi connectivity index (χ2n) is 6.03. The first kappa shape index (κ1) is 18.6. The van der Waals surface area contributed by atoms with Crippen molar-refractivity contribution in [3.63, 3.8) is 0 Å². The number of ether oxygens (including phenoxy) is 1. The molecular formula is C18H28FNO2. The molecule has 0 saturated heterocycles. The number of aryl methyl sites for hydroxylation is 1. The predicted molar refractivity (Wildman–Crippen MR) is 87.2 cm³/mol. The summed E-state index contributed by atoms with van der Waals surface area (Å²) >= 11 is 0. The fourth-order valence-electron chi connectivity index (χ4n) is 3.06. The van der Waals surface area contributed by atoms with Crippen molar-refractivity contribution >= 4 is 5.97 Å². The minimum Gasteiger partial charge on any atom is -0.461 e. The summed E-state index contributed by atoms with van der Waals surface area (Å²) in [6.45, 7) is 9.66. The normalized spacial score (nSPS) is 15.5. The van der Waals surface area contributed by atoms with Gasteiger partial charge in [0.2, 0.25) is 0 Å². The Bertz CT molecular complexity index is 498. The molecule has 1 rings (SSSR count). The molecule has 0 aromatic heterocycles. The number of hydrogen-bond donors (Lipinski definition) is 1. The quantitative estimate of drug-likeness (QED) is 0.776. The smallest absolute Gasteiger partial charge is 0.322 e. The zero-order chi connectivity index (χ0) is 16.9. The summed E-state index contributed by atoms with van der Waals surface area (Å²) in [5.74, 6) is -0.244. The highest BCUT2D eigenvalue weighted by Gasteiger charge is 2.30. The molecule has 0 heterocycles. The summed E-state index contributed by atoms with van der Waals surface area (Å²) in [6, 6.07) is 4.17. The minimum absolute atomic E-state index is 0.0401. The Hall–Kier alpha value is -1.42. The summed E-state index contributed by atoms with van der Waals surface area (Å²) in [5.41, 5.74) is 7.52. The number of hydrogen-bond acceptors (Lipinski definition) is 3. The zero-order valence-corrected chi connectivity index (χ0v) is 14.2. The van der Waals surface area contributed by atoms with E-state index < -0.39 is 12.0 Å². The number of halogens is 1. The van der Waals surface area contributed by atoms with Crippen LogP contribution in [0.4, 0.5) is 4.39 Å². The maximum absolute atomic E-state index is 13.4. The molecule has 0 saturated carbocycles. The van der Waals surface area contributed by atoms with Gasteiger partial charge in [-0.3, -0.25) is 4.79 Å². The van der Waals surface area contributed by atoms with Gasteiger partial charge in [-0.2, -0.15) is 0 Å². The van der Waals surface area contributed by atoms with Crippen LogP contribution in [0.3, 0.4) is 0 Å². The number of nitrogens with two attached hydrogens (primary N) is 1. The molecule has 4 heteroatoms. The van der Waals surface area contributed by atoms with Crippen molar-refractivity contribution in [2.45, 2.75) is 65.5 Å². The fourth-order valence-corrected chi connectivity index (χ4v) is 3.06. The molecule has 0 unspecified atom stereocenters. The maximum atomic E-state index is 13.4. The predicted octanol–water partition coefficient (Wildman–Crippen LogP) is 3.93. The van der Waals surface area contributed by atoms with Crippen molar-refractivity contribution in [2.24, 2.45) is 11.7 Å². The van der Waals surface area contributed by atoms with E-state index in [0.717, 1.165) is 24.0 Å². The van der Waals surface area contributed by atoms with Crippen LogP contribution in [-0.2, 0) is 9.53 Å². The highest BCUT2D eigenvalue weighted by atomic mass is 19.1. The van der Waals surface area contributed by atoms with Gasteiger partial charge in [0.05, 0.1) is 0 Å². The number of carbonyl (C=O) groups is 1. The van der Waals surface area contributed by atoms with Gasteiger partial charge in [0.1, 0.15) is 18.0 Å². The van der Waals surface area contributed by atoms with E-state index in [4.69, 9.17) is 10.5 Å². The van der Waals surface area contributed by atoms with Crippen LogP contribution in [0.2, 0.25) is 0 Å². The third kappa shape index (κ3) is 4.54. The largest absolute Gasteiger partial charge is 0.461 e. The van der Waals surface area contributed by atoms with E-state index in [1.807, 2.05) is 19.9 Å². The summed E-state index contributed by atoms with van der Waals surface area (Å²) in [4.78, 5) is 11.8. The average molecular weight is 309 g/mol. The summed E-state index contributed by atoms with van der Waals surface area (Å²) in [6.07, 6.45) is 1.64. The Morgan fingerprint density at radius 1 is 1.27 bits per heavy atom. The molecule has 3 atom stereocenters. The Morgan fingerprint density at radius 2 is 1.86 bits per heavy atom. The van der Waals surface area contributed by atoms with Gasteiger partial charge < -0.3 is 10.5 Å². The van der Waals surface area contributed by atoms with Gasteiger partial charge in [0.15, 0.2) is 0 Å².